The minimum atomic E-state index is -4.79. The van der Waals surface area contributed by atoms with E-state index in [1.807, 2.05) is 6.07 Å². The van der Waals surface area contributed by atoms with E-state index in [-0.39, 0.29) is 28.1 Å². The summed E-state index contributed by atoms with van der Waals surface area (Å²) in [6.07, 6.45) is -3.97. The lowest BCUT2D eigenvalue weighted by molar-refractivity contribution is -0.144. The molecule has 0 saturated carbocycles. The van der Waals surface area contributed by atoms with Crippen LogP contribution in [-0.2, 0) is 16.0 Å². The molecule has 0 spiro atoms. The number of aryl methyl sites for hydroxylation is 1. The molecule has 0 aliphatic carbocycles. The first kappa shape index (κ1) is 20.5. The molecule has 0 aliphatic heterocycles. The van der Waals surface area contributed by atoms with Gasteiger partial charge in [-0.05, 0) is 30.7 Å². The van der Waals surface area contributed by atoms with Crippen LogP contribution in [0.25, 0.3) is 22.5 Å². The number of nitrogens with one attached hydrogen (secondary N) is 1. The van der Waals surface area contributed by atoms with E-state index in [4.69, 9.17) is 0 Å². The van der Waals surface area contributed by atoms with Crippen LogP contribution >= 0.6 is 0 Å². The van der Waals surface area contributed by atoms with Crippen LogP contribution in [0, 0.1) is 24.1 Å². The molecule has 0 unspecified atom stereocenters. The molecule has 29 heavy (non-hydrogen) atoms. The minimum absolute atomic E-state index is 0.0456. The number of alkyl halides is 3. The van der Waals surface area contributed by atoms with Crippen LogP contribution in [0.5, 0.6) is 0 Å². The Morgan fingerprint density at radius 1 is 1.10 bits per heavy atom. The van der Waals surface area contributed by atoms with E-state index < -0.39 is 32.6 Å². The fourth-order valence-corrected chi connectivity index (χ4v) is 3.50. The molecule has 3 aromatic rings. The largest absolute Gasteiger partial charge is 0.449 e. The highest BCUT2D eigenvalue weighted by Crippen LogP contribution is 2.37. The zero-order valence-electron chi connectivity index (χ0n) is 15.1. The lowest BCUT2D eigenvalue weighted by Crippen LogP contribution is -2.07. The van der Waals surface area contributed by atoms with Crippen molar-refractivity contribution in [2.24, 2.45) is 0 Å². The van der Waals surface area contributed by atoms with Crippen LogP contribution in [0.1, 0.15) is 17.0 Å². The van der Waals surface area contributed by atoms with Crippen molar-refractivity contribution in [2.75, 3.05) is 6.26 Å². The third kappa shape index (κ3) is 4.00. The molecule has 0 atom stereocenters. The smallest absolute Gasteiger partial charge is 0.334 e. The first-order chi connectivity index (χ1) is 13.4. The van der Waals surface area contributed by atoms with Crippen molar-refractivity contribution >= 4 is 9.84 Å². The molecule has 0 saturated heterocycles. The van der Waals surface area contributed by atoms with Crippen molar-refractivity contribution in [3.05, 3.63) is 59.2 Å². The fourth-order valence-electron chi connectivity index (χ4n) is 2.77. The maximum Gasteiger partial charge on any atom is 0.449 e. The van der Waals surface area contributed by atoms with Gasteiger partial charge in [-0.15, -0.1) is 0 Å². The number of aromatic nitrogens is 2. The number of hydrogen-bond donors (Lipinski definition) is 1. The van der Waals surface area contributed by atoms with Crippen LogP contribution < -0.4 is 0 Å². The Morgan fingerprint density at radius 3 is 2.31 bits per heavy atom. The number of rotatable bonds is 3. The molecule has 0 radical (unpaired) electrons. The molecule has 1 aromatic heterocycles. The standard InChI is InChI=1S/C19H13F4N3O2S/c1-10-3-4-11(7-13(10)9-24)16-17(26-18(25-16)19(21,22)23)12-5-6-15(14(20)8-12)29(2,27)28/h3-8H,1-2H3,(H,25,26). The molecular formula is C19H13F4N3O2S. The highest BCUT2D eigenvalue weighted by Gasteiger charge is 2.36. The van der Waals surface area contributed by atoms with Gasteiger partial charge in [0.1, 0.15) is 10.7 Å². The Bertz CT molecular complexity index is 1260. The number of nitrogens with zero attached hydrogens (tertiary/aromatic N) is 2. The third-order valence-electron chi connectivity index (χ3n) is 4.22. The molecule has 3 rings (SSSR count). The van der Waals surface area contributed by atoms with Gasteiger partial charge in [-0.25, -0.2) is 17.8 Å². The van der Waals surface area contributed by atoms with Crippen LogP contribution in [0.15, 0.2) is 41.3 Å². The molecular weight excluding hydrogens is 410 g/mol. The normalized spacial score (nSPS) is 12.0. The van der Waals surface area contributed by atoms with Gasteiger partial charge in [-0.1, -0.05) is 18.2 Å². The zero-order valence-corrected chi connectivity index (χ0v) is 15.9. The van der Waals surface area contributed by atoms with E-state index >= 15 is 0 Å². The monoisotopic (exact) mass is 423 g/mol. The maximum atomic E-state index is 14.3. The van der Waals surface area contributed by atoms with Crippen LogP contribution in [0.3, 0.4) is 0 Å². The summed E-state index contributed by atoms with van der Waals surface area (Å²) >= 11 is 0. The van der Waals surface area contributed by atoms with E-state index in [9.17, 15) is 31.2 Å². The summed E-state index contributed by atoms with van der Waals surface area (Å²) in [4.78, 5) is 5.17. The minimum Gasteiger partial charge on any atom is -0.334 e. The van der Waals surface area contributed by atoms with Crippen LogP contribution in [-0.4, -0.2) is 24.6 Å². The Hall–Kier alpha value is -3.19. The van der Waals surface area contributed by atoms with Crippen molar-refractivity contribution in [2.45, 2.75) is 18.0 Å². The van der Waals surface area contributed by atoms with Crippen molar-refractivity contribution in [1.82, 2.24) is 9.97 Å². The lowest BCUT2D eigenvalue weighted by atomic mass is 10.0. The number of halogens is 4. The van der Waals surface area contributed by atoms with E-state index in [1.54, 1.807) is 13.0 Å². The second-order valence-corrected chi connectivity index (χ2v) is 8.35. The molecule has 0 aliphatic rings. The van der Waals surface area contributed by atoms with Crippen LogP contribution in [0.4, 0.5) is 17.6 Å². The molecule has 150 valence electrons. The average Bonchev–Trinajstić information content (AvgIpc) is 3.06. The van der Waals surface area contributed by atoms with E-state index in [2.05, 4.69) is 9.97 Å². The number of benzene rings is 2. The first-order valence-electron chi connectivity index (χ1n) is 8.10. The summed E-state index contributed by atoms with van der Waals surface area (Å²) in [6, 6.07) is 9.39. The third-order valence-corrected chi connectivity index (χ3v) is 5.35. The molecule has 2 aromatic carbocycles. The lowest BCUT2D eigenvalue weighted by Gasteiger charge is -2.07. The SMILES string of the molecule is Cc1ccc(-c2[nH]c(C(F)(F)F)nc2-c2ccc(S(C)(=O)=O)c(F)c2)cc1C#N. The summed E-state index contributed by atoms with van der Waals surface area (Å²) in [7, 11) is -3.85. The zero-order chi connectivity index (χ0) is 21.6. The van der Waals surface area contributed by atoms with Crippen molar-refractivity contribution < 1.29 is 26.0 Å². The number of imidazole rings is 1. The predicted molar refractivity (Wildman–Crippen MR) is 97.0 cm³/mol. The Labute approximate surface area is 163 Å². The molecule has 1 N–H and O–H groups in total. The Morgan fingerprint density at radius 2 is 1.76 bits per heavy atom. The van der Waals surface area contributed by atoms with Gasteiger partial charge in [0.05, 0.1) is 23.0 Å². The second-order valence-electron chi connectivity index (χ2n) is 6.37. The Balaban J connectivity index is 2.26. The molecule has 0 fully saturated rings. The number of aromatic amines is 1. The fraction of sp³-hybridized carbons (Fsp3) is 0.158. The topological polar surface area (TPSA) is 86.6 Å². The molecule has 5 nitrogen and oxygen atoms in total. The van der Waals surface area contributed by atoms with Gasteiger partial charge in [-0.2, -0.15) is 18.4 Å². The van der Waals surface area contributed by atoms with Gasteiger partial charge in [0.2, 0.25) is 5.82 Å². The second kappa shape index (κ2) is 7.00. The number of sulfone groups is 1. The van der Waals surface area contributed by atoms with E-state index in [0.29, 0.717) is 5.56 Å². The number of hydrogen-bond acceptors (Lipinski definition) is 4. The van der Waals surface area contributed by atoms with Gasteiger partial charge in [0, 0.05) is 17.4 Å². The number of nitriles is 1. The summed E-state index contributed by atoms with van der Waals surface area (Å²) in [5.41, 5.74) is 0.810. The summed E-state index contributed by atoms with van der Waals surface area (Å²) in [6.45, 7) is 1.68. The summed E-state index contributed by atoms with van der Waals surface area (Å²) in [5.74, 6) is -2.40. The van der Waals surface area contributed by atoms with E-state index in [1.165, 1.54) is 18.2 Å². The van der Waals surface area contributed by atoms with Gasteiger partial charge >= 0.3 is 6.18 Å². The summed E-state index contributed by atoms with van der Waals surface area (Å²) < 4.78 is 77.1. The van der Waals surface area contributed by atoms with Crippen molar-refractivity contribution in [3.8, 4) is 28.6 Å². The van der Waals surface area contributed by atoms with Crippen LogP contribution in [0.2, 0.25) is 0 Å². The maximum absolute atomic E-state index is 14.3. The highest BCUT2D eigenvalue weighted by atomic mass is 32.2. The first-order valence-corrected chi connectivity index (χ1v) is 9.99. The molecule has 0 bridgehead atoms. The van der Waals surface area contributed by atoms with E-state index in [0.717, 1.165) is 18.4 Å². The predicted octanol–water partition coefficient (Wildman–Crippen LogP) is 4.49. The van der Waals surface area contributed by atoms with Gasteiger partial charge in [-0.3, -0.25) is 0 Å². The highest BCUT2D eigenvalue weighted by molar-refractivity contribution is 7.90. The quantitative estimate of drug-likeness (QED) is 0.629. The van der Waals surface area contributed by atoms with Gasteiger partial charge in [0.15, 0.2) is 9.84 Å². The van der Waals surface area contributed by atoms with Gasteiger partial charge < -0.3 is 4.98 Å². The molecule has 1 heterocycles. The summed E-state index contributed by atoms with van der Waals surface area (Å²) in [5, 5.41) is 9.19. The van der Waals surface area contributed by atoms with Crippen molar-refractivity contribution in [3.63, 3.8) is 0 Å². The average molecular weight is 423 g/mol. The Kier molecular flexibility index (Phi) is 4.96. The molecule has 10 heteroatoms. The number of H-pyrrole nitrogens is 1. The van der Waals surface area contributed by atoms with Gasteiger partial charge in [0.25, 0.3) is 0 Å². The molecule has 0 amide bonds. The van der Waals surface area contributed by atoms with Crippen molar-refractivity contribution in [1.29, 1.82) is 5.26 Å².